The second-order valence-electron chi connectivity index (χ2n) is 17.8. The first-order valence-corrected chi connectivity index (χ1v) is 23.6. The third-order valence-electron chi connectivity index (χ3n) is 12.5. The molecule has 0 unspecified atom stereocenters. The molecular weight excluding hydrogens is 817 g/mol. The van der Waals surface area contributed by atoms with Crippen LogP contribution in [0.25, 0.3) is 0 Å². The van der Waals surface area contributed by atoms with Crippen LogP contribution in [0.3, 0.4) is 0 Å². The van der Waals surface area contributed by atoms with Gasteiger partial charge in [0.2, 0.25) is 5.78 Å². The lowest BCUT2D eigenvalue weighted by Gasteiger charge is -2.29. The summed E-state index contributed by atoms with van der Waals surface area (Å²) in [4.78, 5) is 99.8. The average Bonchev–Trinajstić information content (AvgIpc) is 3.27. The Hall–Kier alpha value is -4.68. The van der Waals surface area contributed by atoms with Crippen molar-refractivity contribution in [2.24, 2.45) is 23.7 Å². The van der Waals surface area contributed by atoms with Gasteiger partial charge in [-0.2, -0.15) is 0 Å². The molecule has 2 saturated carbocycles. The molecule has 2 N–H and O–H groups in total. The fraction of sp³-hybridized carbons (Fsp3) is 0.615. The number of unbranched alkanes of at least 4 members (excludes halogenated alkanes) is 2. The highest BCUT2D eigenvalue weighted by Crippen LogP contribution is 2.30. The van der Waals surface area contributed by atoms with Crippen molar-refractivity contribution in [3.05, 3.63) is 71.8 Å². The van der Waals surface area contributed by atoms with Crippen LogP contribution in [0.5, 0.6) is 0 Å². The van der Waals surface area contributed by atoms with Crippen molar-refractivity contribution < 1.29 is 58.0 Å². The van der Waals surface area contributed by atoms with Crippen LogP contribution in [-0.4, -0.2) is 81.3 Å². The number of Topliss-reactive ketones (excluding diaryl/α,β-unsaturated/α-hetero) is 6. The van der Waals surface area contributed by atoms with Crippen LogP contribution in [0.15, 0.2) is 60.7 Å². The molecule has 0 heterocycles. The summed E-state index contributed by atoms with van der Waals surface area (Å²) in [6.45, 7) is 6.51. The molecule has 8 atom stereocenters. The molecule has 4 rings (SSSR count). The highest BCUT2D eigenvalue weighted by molar-refractivity contribution is 6.38. The fourth-order valence-electron chi connectivity index (χ4n) is 8.77. The van der Waals surface area contributed by atoms with E-state index in [0.29, 0.717) is 38.5 Å². The first-order valence-electron chi connectivity index (χ1n) is 23.6. The third-order valence-corrected chi connectivity index (χ3v) is 12.5. The predicted octanol–water partition coefficient (Wildman–Crippen LogP) is 8.01. The molecule has 0 bridgehead atoms. The van der Waals surface area contributed by atoms with Gasteiger partial charge in [-0.3, -0.25) is 38.4 Å². The van der Waals surface area contributed by atoms with Crippen LogP contribution in [0.4, 0.5) is 0 Å². The second-order valence-corrected chi connectivity index (χ2v) is 17.8. The monoisotopic (exact) mass is 889 g/mol. The molecule has 0 saturated heterocycles. The minimum absolute atomic E-state index is 0.0229. The predicted molar refractivity (Wildman–Crippen MR) is 242 cm³/mol. The molecule has 0 radical (unpaired) electrons. The maximum Gasteiger partial charge on any atom is 0.303 e. The minimum atomic E-state index is -1.26. The van der Waals surface area contributed by atoms with Crippen molar-refractivity contribution in [3.8, 4) is 0 Å². The second kappa shape index (κ2) is 29.0. The number of benzene rings is 2. The number of carbonyl (C=O) groups is 8. The molecule has 0 spiro atoms. The van der Waals surface area contributed by atoms with E-state index in [4.69, 9.17) is 9.47 Å². The van der Waals surface area contributed by atoms with Gasteiger partial charge < -0.3 is 19.7 Å². The van der Waals surface area contributed by atoms with Crippen molar-refractivity contribution in [3.63, 3.8) is 0 Å². The summed E-state index contributed by atoms with van der Waals surface area (Å²) in [7, 11) is 0. The number of hydrogen-bond acceptors (Lipinski definition) is 12. The topological polar surface area (TPSA) is 195 Å². The molecule has 12 nitrogen and oxygen atoms in total. The average molecular weight is 889 g/mol. The Morgan fingerprint density at radius 1 is 0.656 bits per heavy atom. The summed E-state index contributed by atoms with van der Waals surface area (Å²) in [6.07, 6.45) is 7.08. The first-order chi connectivity index (χ1) is 30.6. The Kier molecular flexibility index (Phi) is 24.3. The van der Waals surface area contributed by atoms with E-state index in [9.17, 15) is 48.6 Å². The number of carbonyl (C=O) groups excluding carboxylic acids is 8. The zero-order chi connectivity index (χ0) is 47.0. The highest BCUT2D eigenvalue weighted by atomic mass is 16.5. The van der Waals surface area contributed by atoms with Gasteiger partial charge in [-0.1, -0.05) is 119 Å². The van der Waals surface area contributed by atoms with Crippen LogP contribution >= 0.6 is 0 Å². The maximum atomic E-state index is 13.1. The fourth-order valence-corrected chi connectivity index (χ4v) is 8.77. The summed E-state index contributed by atoms with van der Waals surface area (Å²) in [6, 6.07) is 18.5. The Bertz CT molecular complexity index is 1810. The molecule has 2 aromatic rings. The van der Waals surface area contributed by atoms with Crippen LogP contribution in [-0.2, 0) is 60.7 Å². The van der Waals surface area contributed by atoms with Gasteiger partial charge in [0.25, 0.3) is 0 Å². The molecule has 12 heteroatoms. The SMILES string of the molecule is CCCC[C@H](CC(=O)[C@@H](Cc1ccccc1)OC(C)=O)C(=O)C(=O)C[C@H]1CCCCC1=O.CCCC[C@H](CC(=O)[C@@H](Cc1ccccc1)OC(C)=O)[C@H](O)C(=O)C[C@H]1CCCC[C@@H]1O. The number of rotatable bonds is 26. The van der Waals surface area contributed by atoms with Crippen LogP contribution in [0, 0.1) is 23.7 Å². The molecule has 0 aliphatic heterocycles. The third kappa shape index (κ3) is 19.2. The van der Waals surface area contributed by atoms with Gasteiger partial charge >= 0.3 is 11.9 Å². The molecule has 352 valence electrons. The number of aliphatic hydroxyl groups excluding tert-OH is 2. The van der Waals surface area contributed by atoms with Gasteiger partial charge in [0.15, 0.2) is 35.3 Å². The molecule has 2 fully saturated rings. The van der Waals surface area contributed by atoms with Crippen molar-refractivity contribution in [2.45, 2.75) is 181 Å². The van der Waals surface area contributed by atoms with Crippen molar-refractivity contribution >= 4 is 46.6 Å². The van der Waals surface area contributed by atoms with E-state index in [1.807, 2.05) is 74.5 Å². The number of esters is 2. The smallest absolute Gasteiger partial charge is 0.303 e. The van der Waals surface area contributed by atoms with E-state index < -0.39 is 59.8 Å². The summed E-state index contributed by atoms with van der Waals surface area (Å²) < 4.78 is 10.6. The van der Waals surface area contributed by atoms with E-state index in [0.717, 1.165) is 62.5 Å². The standard InChI is InChI=1S/C26H38O6.C26H34O6/c2*1-3-4-12-21(26(31)24(30)16-20-13-8-9-14-22(20)28)17-23(29)25(32-18(2)27)15-19-10-6-5-7-11-19/h5-7,10-11,20-22,25-26,28,31H,3-4,8-9,12-17H2,1-2H3;5-7,10-11,20-21,25H,3-4,8-9,12-17H2,1-2H3/t20-,21-,22+,25-,26+;20-,21-,25-/m11/s1. The van der Waals surface area contributed by atoms with E-state index in [1.165, 1.54) is 13.8 Å². The van der Waals surface area contributed by atoms with E-state index >= 15 is 0 Å². The van der Waals surface area contributed by atoms with Gasteiger partial charge in [-0.05, 0) is 61.5 Å². The van der Waals surface area contributed by atoms with Crippen LogP contribution in [0.1, 0.15) is 154 Å². The summed E-state index contributed by atoms with van der Waals surface area (Å²) in [5.41, 5.74) is 1.72. The van der Waals surface area contributed by atoms with Gasteiger partial charge in [0, 0.05) is 70.6 Å². The van der Waals surface area contributed by atoms with Gasteiger partial charge in [-0.25, -0.2) is 0 Å². The summed E-state index contributed by atoms with van der Waals surface area (Å²) in [5.74, 6) is -4.92. The Morgan fingerprint density at radius 3 is 1.69 bits per heavy atom. The Balaban J connectivity index is 0.000000340. The Labute approximate surface area is 379 Å². The van der Waals surface area contributed by atoms with E-state index in [2.05, 4.69) is 0 Å². The largest absolute Gasteiger partial charge is 0.454 e. The number of ketones is 6. The van der Waals surface area contributed by atoms with Gasteiger partial charge in [0.05, 0.1) is 6.10 Å². The van der Waals surface area contributed by atoms with Crippen molar-refractivity contribution in [1.82, 2.24) is 0 Å². The molecule has 0 amide bonds. The maximum absolute atomic E-state index is 13.1. The van der Waals surface area contributed by atoms with Gasteiger partial charge in [0.1, 0.15) is 11.9 Å². The van der Waals surface area contributed by atoms with E-state index in [1.54, 1.807) is 0 Å². The van der Waals surface area contributed by atoms with E-state index in [-0.39, 0.29) is 73.5 Å². The number of aliphatic hydroxyl groups is 2. The van der Waals surface area contributed by atoms with Crippen LogP contribution < -0.4 is 0 Å². The lowest BCUT2D eigenvalue weighted by molar-refractivity contribution is -0.154. The number of ether oxygens (including phenoxy) is 2. The quantitative estimate of drug-likeness (QED) is 0.0683. The summed E-state index contributed by atoms with van der Waals surface area (Å²) in [5, 5.41) is 21.0. The molecule has 2 aliphatic carbocycles. The van der Waals surface area contributed by atoms with Crippen molar-refractivity contribution in [1.29, 1.82) is 0 Å². The minimum Gasteiger partial charge on any atom is -0.454 e. The number of hydrogen-bond donors (Lipinski definition) is 2. The summed E-state index contributed by atoms with van der Waals surface area (Å²) >= 11 is 0. The molecule has 0 aromatic heterocycles. The molecular formula is C52H72O12. The normalized spacial score (nSPS) is 19.7. The zero-order valence-corrected chi connectivity index (χ0v) is 38.5. The molecule has 64 heavy (non-hydrogen) atoms. The lowest BCUT2D eigenvalue weighted by atomic mass is 9.80. The Morgan fingerprint density at radius 2 is 1.17 bits per heavy atom. The zero-order valence-electron chi connectivity index (χ0n) is 38.5. The lowest BCUT2D eigenvalue weighted by Crippen LogP contribution is -2.38. The molecule has 2 aromatic carbocycles. The van der Waals surface area contributed by atoms with Gasteiger partial charge in [-0.15, -0.1) is 0 Å². The first kappa shape index (κ1) is 53.7. The van der Waals surface area contributed by atoms with Crippen molar-refractivity contribution in [2.75, 3.05) is 0 Å². The van der Waals surface area contributed by atoms with Crippen LogP contribution in [0.2, 0.25) is 0 Å². The highest BCUT2D eigenvalue weighted by Gasteiger charge is 2.36. The molecule has 2 aliphatic rings.